The molecule has 1 aliphatic heterocycles. The van der Waals surface area contributed by atoms with Gasteiger partial charge in [0.2, 0.25) is 5.91 Å². The normalized spacial score (nSPS) is 15.1. The molecule has 1 saturated heterocycles. The summed E-state index contributed by atoms with van der Waals surface area (Å²) in [7, 11) is 0. The smallest absolute Gasteiger partial charge is 0.254 e. The second-order valence-electron chi connectivity index (χ2n) is 8.34. The largest absolute Gasteiger partial charge is 0.351 e. The average molecular weight is 480 g/mol. The Morgan fingerprint density at radius 3 is 2.58 bits per heavy atom. The van der Waals surface area contributed by atoms with Gasteiger partial charge in [-0.05, 0) is 49.6 Å². The molecule has 1 aliphatic rings. The van der Waals surface area contributed by atoms with E-state index in [1.807, 2.05) is 37.8 Å². The van der Waals surface area contributed by atoms with Gasteiger partial charge in [0.05, 0.1) is 20.9 Å². The van der Waals surface area contributed by atoms with Crippen molar-refractivity contribution in [2.24, 2.45) is 0 Å². The maximum Gasteiger partial charge on any atom is 0.254 e. The maximum absolute atomic E-state index is 13.0. The van der Waals surface area contributed by atoms with E-state index in [1.165, 1.54) is 11.8 Å². The van der Waals surface area contributed by atoms with Crippen molar-refractivity contribution in [2.75, 3.05) is 19.6 Å². The summed E-state index contributed by atoms with van der Waals surface area (Å²) in [6.45, 7) is 7.96. The fourth-order valence-electron chi connectivity index (χ4n) is 3.49. The highest BCUT2D eigenvalue weighted by Gasteiger charge is 2.27. The van der Waals surface area contributed by atoms with Gasteiger partial charge in [-0.25, -0.2) is 4.98 Å². The van der Waals surface area contributed by atoms with Gasteiger partial charge in [0.15, 0.2) is 0 Å². The maximum atomic E-state index is 13.0. The first-order valence-electron chi connectivity index (χ1n) is 10.3. The number of thioether (sulfide) groups is 1. The molecule has 1 aromatic carbocycles. The number of amides is 2. The number of nitrogens with zero attached hydrogens (tertiary/aromatic N) is 2. The molecule has 2 heterocycles. The van der Waals surface area contributed by atoms with Crippen LogP contribution in [0.4, 0.5) is 0 Å². The van der Waals surface area contributed by atoms with Gasteiger partial charge >= 0.3 is 0 Å². The summed E-state index contributed by atoms with van der Waals surface area (Å²) in [4.78, 5) is 31.9. The van der Waals surface area contributed by atoms with Crippen LogP contribution in [-0.2, 0) is 10.2 Å². The van der Waals surface area contributed by atoms with Crippen LogP contribution in [0.5, 0.6) is 0 Å². The zero-order chi connectivity index (χ0) is 22.6. The number of benzene rings is 1. The van der Waals surface area contributed by atoms with E-state index in [9.17, 15) is 9.59 Å². The van der Waals surface area contributed by atoms with Crippen molar-refractivity contribution < 1.29 is 9.59 Å². The number of hydrogen-bond donors (Lipinski definition) is 1. The third kappa shape index (κ3) is 5.93. The molecule has 0 radical (unpaired) electrons. The molecule has 8 heteroatoms. The zero-order valence-corrected chi connectivity index (χ0v) is 20.3. The molecule has 5 nitrogen and oxygen atoms in total. The highest BCUT2D eigenvalue weighted by Crippen LogP contribution is 2.30. The van der Waals surface area contributed by atoms with E-state index in [0.717, 1.165) is 31.5 Å². The summed E-state index contributed by atoms with van der Waals surface area (Å²) in [6, 6.07) is 8.97. The first-order valence-corrected chi connectivity index (χ1v) is 12.0. The number of hydrogen-bond acceptors (Lipinski definition) is 4. The SMILES string of the molecule is CC(Sc1ncccc1C(=O)NCC(C)(C)c1ccc(Cl)c(Cl)c1)C(=O)N1CCCC1. The highest BCUT2D eigenvalue weighted by atomic mass is 35.5. The minimum Gasteiger partial charge on any atom is -0.351 e. The molecule has 31 heavy (non-hydrogen) atoms. The molecule has 3 rings (SSSR count). The Morgan fingerprint density at radius 2 is 1.90 bits per heavy atom. The first kappa shape index (κ1) is 23.9. The summed E-state index contributed by atoms with van der Waals surface area (Å²) in [6.07, 6.45) is 3.75. The molecule has 1 unspecified atom stereocenters. The molecule has 0 saturated carbocycles. The van der Waals surface area contributed by atoms with Gasteiger partial charge in [0.25, 0.3) is 5.91 Å². The van der Waals surface area contributed by atoms with E-state index in [1.54, 1.807) is 24.4 Å². The molecule has 0 spiro atoms. The molecule has 1 fully saturated rings. The van der Waals surface area contributed by atoms with Crippen molar-refractivity contribution in [1.29, 1.82) is 0 Å². The van der Waals surface area contributed by atoms with Crippen LogP contribution in [-0.4, -0.2) is 46.6 Å². The minimum atomic E-state index is -0.349. The Hall–Kier alpha value is -1.76. The molecule has 2 aromatic rings. The lowest BCUT2D eigenvalue weighted by Crippen LogP contribution is -2.37. The Balaban J connectivity index is 1.67. The number of nitrogens with one attached hydrogen (secondary N) is 1. The predicted molar refractivity (Wildman–Crippen MR) is 127 cm³/mol. The summed E-state index contributed by atoms with van der Waals surface area (Å²) in [5, 5.41) is 4.26. The van der Waals surface area contributed by atoms with E-state index in [4.69, 9.17) is 23.2 Å². The van der Waals surface area contributed by atoms with Crippen LogP contribution < -0.4 is 5.32 Å². The molecule has 1 atom stereocenters. The van der Waals surface area contributed by atoms with Crippen molar-refractivity contribution in [3.05, 3.63) is 57.7 Å². The molecular formula is C23H27Cl2N3O2S. The second kappa shape index (κ2) is 10.2. The number of pyridine rings is 1. The topological polar surface area (TPSA) is 62.3 Å². The Kier molecular flexibility index (Phi) is 7.89. The fraction of sp³-hybridized carbons (Fsp3) is 0.435. The van der Waals surface area contributed by atoms with Gasteiger partial charge in [-0.1, -0.05) is 54.9 Å². The number of aromatic nitrogens is 1. The van der Waals surface area contributed by atoms with Crippen molar-refractivity contribution >= 4 is 46.8 Å². The standard InChI is InChI=1S/C23H27Cl2N3O2S/c1-15(22(30)28-11-4-5-12-28)31-21-17(7-6-10-26-21)20(29)27-14-23(2,3)16-8-9-18(24)19(25)13-16/h6-10,13,15H,4-5,11-12,14H2,1-3H3,(H,27,29). The highest BCUT2D eigenvalue weighted by molar-refractivity contribution is 8.00. The van der Waals surface area contributed by atoms with E-state index in [0.29, 0.717) is 27.2 Å². The van der Waals surface area contributed by atoms with Crippen LogP contribution in [0, 0.1) is 0 Å². The van der Waals surface area contributed by atoms with Gasteiger partial charge in [-0.15, -0.1) is 0 Å². The van der Waals surface area contributed by atoms with Crippen molar-refractivity contribution in [3.8, 4) is 0 Å². The quantitative estimate of drug-likeness (QED) is 0.554. The first-order chi connectivity index (χ1) is 14.7. The van der Waals surface area contributed by atoms with Crippen LogP contribution in [0.15, 0.2) is 41.6 Å². The van der Waals surface area contributed by atoms with Crippen molar-refractivity contribution in [3.63, 3.8) is 0 Å². The third-order valence-electron chi connectivity index (χ3n) is 5.46. The van der Waals surface area contributed by atoms with Crippen LogP contribution >= 0.6 is 35.0 Å². The summed E-state index contributed by atoms with van der Waals surface area (Å²) < 4.78 is 0. The summed E-state index contributed by atoms with van der Waals surface area (Å²) in [5.41, 5.74) is 1.10. The second-order valence-corrected chi connectivity index (χ2v) is 10.5. The van der Waals surface area contributed by atoms with Crippen molar-refractivity contribution in [2.45, 2.75) is 49.3 Å². The van der Waals surface area contributed by atoms with E-state index in [2.05, 4.69) is 10.3 Å². The number of carbonyl (C=O) groups is 2. The third-order valence-corrected chi connectivity index (χ3v) is 7.30. The van der Waals surface area contributed by atoms with Gasteiger partial charge < -0.3 is 10.2 Å². The molecule has 1 N–H and O–H groups in total. The molecule has 1 aromatic heterocycles. The number of carbonyl (C=O) groups excluding carboxylic acids is 2. The van der Waals surface area contributed by atoms with Crippen LogP contribution in [0.25, 0.3) is 0 Å². The molecular weight excluding hydrogens is 453 g/mol. The Morgan fingerprint density at radius 1 is 1.19 bits per heavy atom. The van der Waals surface area contributed by atoms with E-state index < -0.39 is 0 Å². The van der Waals surface area contributed by atoms with E-state index in [-0.39, 0.29) is 22.5 Å². The van der Waals surface area contributed by atoms with Crippen molar-refractivity contribution in [1.82, 2.24) is 15.2 Å². The van der Waals surface area contributed by atoms with Gasteiger partial charge in [-0.3, -0.25) is 9.59 Å². The van der Waals surface area contributed by atoms with Gasteiger partial charge in [0.1, 0.15) is 5.03 Å². The Labute approximate surface area is 197 Å². The van der Waals surface area contributed by atoms with Crippen LogP contribution in [0.2, 0.25) is 10.0 Å². The summed E-state index contributed by atoms with van der Waals surface area (Å²) in [5.74, 6) is -0.121. The van der Waals surface area contributed by atoms with Gasteiger partial charge in [-0.2, -0.15) is 0 Å². The van der Waals surface area contributed by atoms with Gasteiger partial charge in [0, 0.05) is 31.2 Å². The number of likely N-dealkylation sites (tertiary alicyclic amines) is 1. The zero-order valence-electron chi connectivity index (χ0n) is 18.0. The predicted octanol–water partition coefficient (Wildman–Crippen LogP) is 5.20. The molecule has 0 bridgehead atoms. The molecule has 166 valence electrons. The number of halogens is 2. The molecule has 0 aliphatic carbocycles. The Bertz CT molecular complexity index is 962. The fourth-order valence-corrected chi connectivity index (χ4v) is 4.78. The lowest BCUT2D eigenvalue weighted by molar-refractivity contribution is -0.129. The number of rotatable bonds is 7. The van der Waals surface area contributed by atoms with Crippen LogP contribution in [0.3, 0.4) is 0 Å². The van der Waals surface area contributed by atoms with Crippen LogP contribution in [0.1, 0.15) is 49.5 Å². The monoisotopic (exact) mass is 479 g/mol. The minimum absolute atomic E-state index is 0.0975. The van der Waals surface area contributed by atoms with E-state index >= 15 is 0 Å². The average Bonchev–Trinajstić information content (AvgIpc) is 3.28. The molecule has 2 amide bonds. The lowest BCUT2D eigenvalue weighted by Gasteiger charge is -2.26. The lowest BCUT2D eigenvalue weighted by atomic mass is 9.84. The summed E-state index contributed by atoms with van der Waals surface area (Å²) >= 11 is 13.5.